The second-order valence-electron chi connectivity index (χ2n) is 6.25. The van der Waals surface area contributed by atoms with E-state index in [2.05, 4.69) is 37.8 Å². The first-order valence-electron chi connectivity index (χ1n) is 7.56. The van der Waals surface area contributed by atoms with Gasteiger partial charge in [0, 0.05) is 16.8 Å². The van der Waals surface area contributed by atoms with Gasteiger partial charge < -0.3 is 10.4 Å². The van der Waals surface area contributed by atoms with Gasteiger partial charge in [-0.05, 0) is 38.4 Å². The molecule has 0 amide bonds. The van der Waals surface area contributed by atoms with E-state index in [1.54, 1.807) is 0 Å². The second-order valence-corrected chi connectivity index (χ2v) is 7.66. The summed E-state index contributed by atoms with van der Waals surface area (Å²) in [6.45, 7) is 6.66. The summed E-state index contributed by atoms with van der Waals surface area (Å²) in [6.07, 6.45) is 9.35. The molecular formula is C15H31NOS. The van der Waals surface area contributed by atoms with Crippen LogP contribution in [0, 0.1) is 0 Å². The van der Waals surface area contributed by atoms with Crippen molar-refractivity contribution in [3.8, 4) is 0 Å². The average molecular weight is 273 g/mol. The fourth-order valence-corrected chi connectivity index (χ4v) is 4.19. The molecule has 1 saturated carbocycles. The van der Waals surface area contributed by atoms with Gasteiger partial charge in [-0.1, -0.05) is 33.1 Å². The van der Waals surface area contributed by atoms with Crippen LogP contribution in [-0.4, -0.2) is 34.3 Å². The fraction of sp³-hybridized carbons (Fsp3) is 1.00. The molecule has 1 unspecified atom stereocenters. The van der Waals surface area contributed by atoms with Crippen molar-refractivity contribution in [2.45, 2.75) is 82.5 Å². The van der Waals surface area contributed by atoms with Gasteiger partial charge in [-0.3, -0.25) is 0 Å². The molecule has 2 nitrogen and oxygen atoms in total. The normalized spacial score (nSPS) is 20.5. The van der Waals surface area contributed by atoms with Crippen LogP contribution in [-0.2, 0) is 0 Å². The Morgan fingerprint density at radius 3 is 2.50 bits per heavy atom. The Labute approximate surface area is 117 Å². The summed E-state index contributed by atoms with van der Waals surface area (Å²) in [7, 11) is 0. The molecule has 1 rings (SSSR count). The third-order valence-corrected chi connectivity index (χ3v) is 5.23. The van der Waals surface area contributed by atoms with Gasteiger partial charge in [-0.2, -0.15) is 11.8 Å². The zero-order valence-electron chi connectivity index (χ0n) is 12.4. The fourth-order valence-electron chi connectivity index (χ4n) is 2.82. The molecule has 1 aliphatic carbocycles. The summed E-state index contributed by atoms with van der Waals surface area (Å²) in [5.41, 5.74) is -0.0911. The first-order chi connectivity index (χ1) is 8.56. The van der Waals surface area contributed by atoms with Crippen molar-refractivity contribution in [2.75, 3.05) is 12.4 Å². The molecule has 1 fully saturated rings. The monoisotopic (exact) mass is 273 g/mol. The number of hydrogen-bond acceptors (Lipinski definition) is 3. The molecule has 0 bridgehead atoms. The lowest BCUT2D eigenvalue weighted by Crippen LogP contribution is -2.49. The molecule has 0 aromatic carbocycles. The van der Waals surface area contributed by atoms with E-state index < -0.39 is 0 Å². The summed E-state index contributed by atoms with van der Waals surface area (Å²) >= 11 is 2.17. The minimum absolute atomic E-state index is 0.0911. The maximum absolute atomic E-state index is 9.50. The maximum atomic E-state index is 9.50. The van der Waals surface area contributed by atoms with Crippen molar-refractivity contribution >= 4 is 11.8 Å². The van der Waals surface area contributed by atoms with E-state index in [1.807, 2.05) is 0 Å². The molecule has 2 N–H and O–H groups in total. The standard InChI is InChI=1S/C15H31NOS/c1-13(2)16-15(3,12-17)10-6-7-11-18-14-8-4-5-9-14/h13-14,16-17H,4-12H2,1-3H3. The van der Waals surface area contributed by atoms with Crippen LogP contribution < -0.4 is 5.32 Å². The molecule has 3 heteroatoms. The van der Waals surface area contributed by atoms with Crippen molar-refractivity contribution in [2.24, 2.45) is 0 Å². The minimum Gasteiger partial charge on any atom is -0.394 e. The van der Waals surface area contributed by atoms with Crippen LogP contribution in [0.2, 0.25) is 0 Å². The number of hydrogen-bond donors (Lipinski definition) is 2. The Morgan fingerprint density at radius 2 is 1.94 bits per heavy atom. The van der Waals surface area contributed by atoms with Crippen molar-refractivity contribution in [3.05, 3.63) is 0 Å². The molecule has 108 valence electrons. The summed E-state index contributed by atoms with van der Waals surface area (Å²) in [6, 6.07) is 0.440. The first-order valence-corrected chi connectivity index (χ1v) is 8.61. The Hall–Kier alpha value is 0.270. The minimum atomic E-state index is -0.0911. The van der Waals surface area contributed by atoms with E-state index >= 15 is 0 Å². The number of thioether (sulfide) groups is 1. The third-order valence-electron chi connectivity index (χ3n) is 3.76. The number of aliphatic hydroxyl groups is 1. The Balaban J connectivity index is 2.07. The van der Waals surface area contributed by atoms with Gasteiger partial charge in [-0.25, -0.2) is 0 Å². The van der Waals surface area contributed by atoms with Gasteiger partial charge in [0.05, 0.1) is 6.61 Å². The Morgan fingerprint density at radius 1 is 1.28 bits per heavy atom. The second kappa shape index (κ2) is 8.44. The van der Waals surface area contributed by atoms with Crippen LogP contribution in [0.1, 0.15) is 65.7 Å². The number of unbranched alkanes of at least 4 members (excludes halogenated alkanes) is 1. The predicted octanol–water partition coefficient (Wildman–Crippen LogP) is 3.58. The molecule has 0 saturated heterocycles. The topological polar surface area (TPSA) is 32.3 Å². The summed E-state index contributed by atoms with van der Waals surface area (Å²) in [4.78, 5) is 0. The zero-order chi connectivity index (χ0) is 13.4. The van der Waals surface area contributed by atoms with Crippen LogP contribution >= 0.6 is 11.8 Å². The number of nitrogens with one attached hydrogen (secondary N) is 1. The molecular weight excluding hydrogens is 242 g/mol. The third kappa shape index (κ3) is 6.44. The Kier molecular flexibility index (Phi) is 7.66. The van der Waals surface area contributed by atoms with Gasteiger partial charge in [0.2, 0.25) is 0 Å². The lowest BCUT2D eigenvalue weighted by Gasteiger charge is -2.31. The summed E-state index contributed by atoms with van der Waals surface area (Å²) in [5, 5.41) is 13.9. The lowest BCUT2D eigenvalue weighted by atomic mass is 9.95. The van der Waals surface area contributed by atoms with Crippen LogP contribution in [0.25, 0.3) is 0 Å². The van der Waals surface area contributed by atoms with E-state index in [-0.39, 0.29) is 12.1 Å². The van der Waals surface area contributed by atoms with Gasteiger partial charge in [0.1, 0.15) is 0 Å². The predicted molar refractivity (Wildman–Crippen MR) is 82.3 cm³/mol. The van der Waals surface area contributed by atoms with E-state index in [1.165, 1.54) is 44.3 Å². The molecule has 0 aromatic heterocycles. The van der Waals surface area contributed by atoms with E-state index in [0.29, 0.717) is 6.04 Å². The zero-order valence-corrected chi connectivity index (χ0v) is 13.2. The molecule has 1 aliphatic rings. The highest BCUT2D eigenvalue weighted by atomic mass is 32.2. The first kappa shape index (κ1) is 16.3. The maximum Gasteiger partial charge on any atom is 0.0610 e. The molecule has 0 spiro atoms. The van der Waals surface area contributed by atoms with Crippen LogP contribution in [0.3, 0.4) is 0 Å². The van der Waals surface area contributed by atoms with Crippen LogP contribution in [0.4, 0.5) is 0 Å². The van der Waals surface area contributed by atoms with Crippen molar-refractivity contribution in [3.63, 3.8) is 0 Å². The highest BCUT2D eigenvalue weighted by molar-refractivity contribution is 7.99. The lowest BCUT2D eigenvalue weighted by molar-refractivity contribution is 0.154. The number of aliphatic hydroxyl groups excluding tert-OH is 1. The molecule has 1 atom stereocenters. The highest BCUT2D eigenvalue weighted by Gasteiger charge is 2.23. The summed E-state index contributed by atoms with van der Waals surface area (Å²) < 4.78 is 0. The van der Waals surface area contributed by atoms with E-state index in [9.17, 15) is 5.11 Å². The smallest absolute Gasteiger partial charge is 0.0610 e. The molecule has 18 heavy (non-hydrogen) atoms. The molecule has 0 radical (unpaired) electrons. The van der Waals surface area contributed by atoms with Gasteiger partial charge in [0.25, 0.3) is 0 Å². The summed E-state index contributed by atoms with van der Waals surface area (Å²) in [5.74, 6) is 1.30. The van der Waals surface area contributed by atoms with Gasteiger partial charge in [0.15, 0.2) is 0 Å². The molecule has 0 aromatic rings. The molecule has 0 aliphatic heterocycles. The highest BCUT2D eigenvalue weighted by Crippen LogP contribution is 2.30. The van der Waals surface area contributed by atoms with Crippen molar-refractivity contribution in [1.82, 2.24) is 5.32 Å². The SMILES string of the molecule is CC(C)NC(C)(CO)CCCCSC1CCCC1. The van der Waals surface area contributed by atoms with E-state index in [0.717, 1.165) is 11.7 Å². The number of rotatable bonds is 9. The largest absolute Gasteiger partial charge is 0.394 e. The van der Waals surface area contributed by atoms with E-state index in [4.69, 9.17) is 0 Å². The average Bonchev–Trinajstić information content (AvgIpc) is 2.80. The van der Waals surface area contributed by atoms with Gasteiger partial charge >= 0.3 is 0 Å². The van der Waals surface area contributed by atoms with Crippen LogP contribution in [0.15, 0.2) is 0 Å². The Bertz CT molecular complexity index is 217. The van der Waals surface area contributed by atoms with Gasteiger partial charge in [-0.15, -0.1) is 0 Å². The van der Waals surface area contributed by atoms with Crippen molar-refractivity contribution in [1.29, 1.82) is 0 Å². The molecule has 0 heterocycles. The quantitative estimate of drug-likeness (QED) is 0.630. The van der Waals surface area contributed by atoms with Crippen LogP contribution in [0.5, 0.6) is 0 Å². The van der Waals surface area contributed by atoms with Crippen molar-refractivity contribution < 1.29 is 5.11 Å².